The minimum absolute atomic E-state index is 0. The van der Waals surface area contributed by atoms with Gasteiger partial charge in [0.15, 0.2) is 12.1 Å². The Labute approximate surface area is 206 Å². The molecule has 0 unspecified atom stereocenters. The first kappa shape index (κ1) is 28.8. The number of esters is 1. The Bertz CT molecular complexity index is 910. The lowest BCUT2D eigenvalue weighted by Gasteiger charge is -2.30. The van der Waals surface area contributed by atoms with Gasteiger partial charge in [-0.3, -0.25) is 9.59 Å². The van der Waals surface area contributed by atoms with Crippen molar-refractivity contribution in [3.8, 4) is 11.5 Å². The van der Waals surface area contributed by atoms with E-state index in [9.17, 15) is 9.59 Å². The third-order valence-corrected chi connectivity index (χ3v) is 5.24. The summed E-state index contributed by atoms with van der Waals surface area (Å²) in [7, 11) is 9.17. The normalized spacial score (nSPS) is 11.1. The molecule has 0 aromatic heterocycles. The number of benzene rings is 2. The molecular formula is C25H34BrNO6. The molecule has 8 heteroatoms. The number of carbonyl (C=O) groups excluding carboxylic acids is 2. The molecule has 33 heavy (non-hydrogen) atoms. The van der Waals surface area contributed by atoms with Gasteiger partial charge in [-0.25, -0.2) is 0 Å². The van der Waals surface area contributed by atoms with Crippen LogP contribution < -0.4 is 26.5 Å². The molecule has 0 fully saturated rings. The predicted molar refractivity (Wildman–Crippen MR) is 122 cm³/mol. The summed E-state index contributed by atoms with van der Waals surface area (Å²) in [5.74, 6) is -0.0102. The van der Waals surface area contributed by atoms with Gasteiger partial charge < -0.3 is 40.4 Å². The average Bonchev–Trinajstić information content (AvgIpc) is 2.76. The summed E-state index contributed by atoms with van der Waals surface area (Å²) in [6.45, 7) is 3.11. The van der Waals surface area contributed by atoms with Crippen LogP contribution in [0.25, 0.3) is 0 Å². The lowest BCUT2D eigenvalue weighted by Crippen LogP contribution is -3.00. The fourth-order valence-corrected chi connectivity index (χ4v) is 3.56. The molecule has 0 saturated heterocycles. The van der Waals surface area contributed by atoms with Gasteiger partial charge in [0.2, 0.25) is 0 Å². The molecule has 7 nitrogen and oxygen atoms in total. The number of nitrogens with zero attached hydrogens (tertiary/aromatic N) is 1. The van der Waals surface area contributed by atoms with Crippen molar-refractivity contribution in [2.75, 3.05) is 42.0 Å². The SMILES string of the molecule is COc1ccc(C(=O)c2ccc(C[N+](C)(C)CCCC(OC)OC)cc2)c(OC(C)=O)c1.[Br-]. The van der Waals surface area contributed by atoms with Crippen LogP contribution in [-0.4, -0.2) is 64.5 Å². The summed E-state index contributed by atoms with van der Waals surface area (Å²) in [4.78, 5) is 24.5. The zero-order chi connectivity index (χ0) is 23.7. The van der Waals surface area contributed by atoms with Crippen LogP contribution >= 0.6 is 0 Å². The molecule has 0 radical (unpaired) electrons. The summed E-state index contributed by atoms with van der Waals surface area (Å²) in [5, 5.41) is 0. The zero-order valence-corrected chi connectivity index (χ0v) is 21.8. The highest BCUT2D eigenvalue weighted by Crippen LogP contribution is 2.27. The first-order chi connectivity index (χ1) is 15.2. The van der Waals surface area contributed by atoms with Crippen molar-refractivity contribution in [2.24, 2.45) is 0 Å². The smallest absolute Gasteiger partial charge is 0.308 e. The summed E-state index contributed by atoms with van der Waals surface area (Å²) in [6.07, 6.45) is 1.65. The van der Waals surface area contributed by atoms with Gasteiger partial charge in [0.05, 0.1) is 33.3 Å². The predicted octanol–water partition coefficient (Wildman–Crippen LogP) is 0.831. The Balaban J connectivity index is 0.00000544. The highest BCUT2D eigenvalue weighted by molar-refractivity contribution is 6.11. The highest BCUT2D eigenvalue weighted by atomic mass is 79.9. The van der Waals surface area contributed by atoms with E-state index in [1.807, 2.05) is 24.3 Å². The third-order valence-electron chi connectivity index (χ3n) is 5.24. The van der Waals surface area contributed by atoms with E-state index in [4.69, 9.17) is 18.9 Å². The van der Waals surface area contributed by atoms with Crippen LogP contribution in [0, 0.1) is 0 Å². The maximum atomic E-state index is 13.0. The van der Waals surface area contributed by atoms with Crippen LogP contribution in [0.3, 0.4) is 0 Å². The van der Waals surface area contributed by atoms with Gasteiger partial charge in [-0.1, -0.05) is 24.3 Å². The van der Waals surface area contributed by atoms with E-state index < -0.39 is 5.97 Å². The molecular weight excluding hydrogens is 490 g/mol. The maximum Gasteiger partial charge on any atom is 0.308 e. The highest BCUT2D eigenvalue weighted by Gasteiger charge is 2.20. The van der Waals surface area contributed by atoms with E-state index in [0.29, 0.717) is 16.9 Å². The molecule has 0 atom stereocenters. The molecule has 2 rings (SSSR count). The number of methoxy groups -OCH3 is 3. The van der Waals surface area contributed by atoms with Crippen molar-refractivity contribution in [1.82, 2.24) is 0 Å². The number of halogens is 1. The molecule has 0 aliphatic rings. The molecule has 0 aliphatic heterocycles. The lowest BCUT2D eigenvalue weighted by atomic mass is 10.0. The Kier molecular flexibility index (Phi) is 11.7. The Morgan fingerprint density at radius 3 is 2.15 bits per heavy atom. The van der Waals surface area contributed by atoms with Crippen LogP contribution in [-0.2, 0) is 20.8 Å². The van der Waals surface area contributed by atoms with E-state index in [2.05, 4.69) is 14.1 Å². The van der Waals surface area contributed by atoms with E-state index in [1.54, 1.807) is 32.4 Å². The second-order valence-electron chi connectivity index (χ2n) is 8.34. The monoisotopic (exact) mass is 523 g/mol. The van der Waals surface area contributed by atoms with Crippen LogP contribution in [0.15, 0.2) is 42.5 Å². The Morgan fingerprint density at radius 1 is 0.970 bits per heavy atom. The van der Waals surface area contributed by atoms with Crippen molar-refractivity contribution in [2.45, 2.75) is 32.6 Å². The number of ketones is 1. The fourth-order valence-electron chi connectivity index (χ4n) is 3.56. The van der Waals surface area contributed by atoms with Crippen LogP contribution in [0.2, 0.25) is 0 Å². The molecule has 0 heterocycles. The zero-order valence-electron chi connectivity index (χ0n) is 20.2. The van der Waals surface area contributed by atoms with Gasteiger partial charge in [0.1, 0.15) is 18.0 Å². The number of hydrogen-bond donors (Lipinski definition) is 0. The molecule has 182 valence electrons. The Hall–Kier alpha value is -2.26. The number of rotatable bonds is 12. The van der Waals surface area contributed by atoms with E-state index in [1.165, 1.54) is 14.0 Å². The van der Waals surface area contributed by atoms with E-state index in [-0.39, 0.29) is 34.8 Å². The van der Waals surface area contributed by atoms with E-state index >= 15 is 0 Å². The molecule has 0 N–H and O–H groups in total. The Morgan fingerprint density at radius 2 is 1.61 bits per heavy atom. The summed E-state index contributed by atoms with van der Waals surface area (Å²) in [5.41, 5.74) is 1.98. The number of hydrogen-bond acceptors (Lipinski definition) is 6. The van der Waals surface area contributed by atoms with Crippen molar-refractivity contribution in [1.29, 1.82) is 0 Å². The number of carbonyl (C=O) groups is 2. The minimum Gasteiger partial charge on any atom is -1.00 e. The third kappa shape index (κ3) is 8.89. The fraction of sp³-hybridized carbons (Fsp3) is 0.440. The number of quaternary nitrogens is 1. The average molecular weight is 524 g/mol. The topological polar surface area (TPSA) is 71.1 Å². The van der Waals surface area contributed by atoms with Gasteiger partial charge in [-0.2, -0.15) is 0 Å². The largest absolute Gasteiger partial charge is 1.00 e. The standard InChI is InChI=1S/C25H34NO6.BrH/c1-18(27)32-23-16-21(29-4)13-14-22(23)25(28)20-11-9-19(10-12-20)17-26(2,3)15-7-8-24(30-5)31-6;/h9-14,16,24H,7-8,15,17H2,1-6H3;1H/q+1;/p-1. The minimum atomic E-state index is -0.495. The second-order valence-corrected chi connectivity index (χ2v) is 8.34. The van der Waals surface area contributed by atoms with Crippen molar-refractivity contribution in [3.05, 3.63) is 59.2 Å². The van der Waals surface area contributed by atoms with Gasteiger partial charge >= 0.3 is 5.97 Å². The first-order valence-corrected chi connectivity index (χ1v) is 10.6. The van der Waals surface area contributed by atoms with Crippen molar-refractivity contribution < 1.29 is 50.0 Å². The van der Waals surface area contributed by atoms with Crippen molar-refractivity contribution >= 4 is 11.8 Å². The van der Waals surface area contributed by atoms with Gasteiger partial charge in [-0.05, 0) is 12.1 Å². The molecule has 0 spiro atoms. The second kappa shape index (κ2) is 13.4. The summed E-state index contributed by atoms with van der Waals surface area (Å²) in [6, 6.07) is 12.4. The van der Waals surface area contributed by atoms with Gasteiger partial charge in [0, 0.05) is 51.2 Å². The summed E-state index contributed by atoms with van der Waals surface area (Å²) >= 11 is 0. The van der Waals surface area contributed by atoms with Crippen LogP contribution in [0.1, 0.15) is 41.3 Å². The van der Waals surface area contributed by atoms with E-state index in [0.717, 1.165) is 36.0 Å². The molecule has 0 amide bonds. The van der Waals surface area contributed by atoms with Crippen LogP contribution in [0.4, 0.5) is 0 Å². The van der Waals surface area contributed by atoms with Gasteiger partial charge in [0.25, 0.3) is 0 Å². The molecule has 2 aromatic rings. The molecule has 2 aromatic carbocycles. The maximum absolute atomic E-state index is 13.0. The van der Waals surface area contributed by atoms with Crippen LogP contribution in [0.5, 0.6) is 11.5 Å². The summed E-state index contributed by atoms with van der Waals surface area (Å²) < 4.78 is 21.7. The molecule has 0 saturated carbocycles. The first-order valence-electron chi connectivity index (χ1n) is 10.6. The number of ether oxygens (including phenoxy) is 4. The van der Waals surface area contributed by atoms with Crippen molar-refractivity contribution in [3.63, 3.8) is 0 Å². The van der Waals surface area contributed by atoms with Gasteiger partial charge in [-0.15, -0.1) is 0 Å². The lowest BCUT2D eigenvalue weighted by molar-refractivity contribution is -0.903. The molecule has 0 aliphatic carbocycles. The quantitative estimate of drug-likeness (QED) is 0.135. The molecule has 0 bridgehead atoms.